The van der Waals surface area contributed by atoms with E-state index in [-0.39, 0.29) is 13.0 Å². The van der Waals surface area contributed by atoms with Gasteiger partial charge in [0, 0.05) is 12.8 Å². The molecule has 13 heteroatoms. The van der Waals surface area contributed by atoms with E-state index >= 15 is 0 Å². The number of rotatable bonds is 9. The van der Waals surface area contributed by atoms with Crippen LogP contribution in [0.15, 0.2) is 11.8 Å². The number of aliphatic hydroxyl groups excluding tert-OH is 5. The molecule has 0 aromatic rings. The number of esters is 2. The first kappa shape index (κ1) is 28.7. The topological polar surface area (TPSA) is 202 Å². The number of carbonyl (C=O) groups is 2. The lowest BCUT2D eigenvalue weighted by Crippen LogP contribution is -2.59. The quantitative estimate of drug-likeness (QED) is 0.181. The number of hydrogen-bond acceptors (Lipinski definition) is 13. The highest BCUT2D eigenvalue weighted by atomic mass is 16.7. The number of carbonyl (C=O) groups excluding carboxylic acids is 2. The summed E-state index contributed by atoms with van der Waals surface area (Å²) in [6.45, 7) is 3.19. The summed E-state index contributed by atoms with van der Waals surface area (Å²) < 4.78 is 27.1. The van der Waals surface area contributed by atoms with Gasteiger partial charge < -0.3 is 54.3 Å². The minimum atomic E-state index is -2.00. The van der Waals surface area contributed by atoms with Gasteiger partial charge in [0.1, 0.15) is 36.6 Å². The molecule has 6 N–H and O–H groups in total. The van der Waals surface area contributed by atoms with Gasteiger partial charge in [-0.15, -0.1) is 0 Å². The normalized spacial score (nSPS) is 41.0. The predicted octanol–water partition coefficient (Wildman–Crippen LogP) is -2.08. The Balaban J connectivity index is 1.81. The van der Waals surface area contributed by atoms with E-state index in [1.807, 2.05) is 0 Å². The number of ether oxygens (including phenoxy) is 5. The highest BCUT2D eigenvalue weighted by molar-refractivity contribution is 5.72. The van der Waals surface area contributed by atoms with E-state index in [2.05, 4.69) is 0 Å². The maximum Gasteiger partial charge on any atom is 0.311 e. The Morgan fingerprint density at radius 1 is 1.17 bits per heavy atom. The Labute approximate surface area is 208 Å². The van der Waals surface area contributed by atoms with Gasteiger partial charge in [0.2, 0.25) is 6.29 Å². The lowest BCUT2D eigenvalue weighted by molar-refractivity contribution is -0.299. The van der Waals surface area contributed by atoms with Crippen LogP contribution >= 0.6 is 0 Å². The molecule has 0 aromatic carbocycles. The van der Waals surface area contributed by atoms with Crippen LogP contribution in [0.4, 0.5) is 0 Å². The maximum atomic E-state index is 12.5. The van der Waals surface area contributed by atoms with Gasteiger partial charge in [-0.05, 0) is 18.4 Å². The Bertz CT molecular complexity index is 816. The van der Waals surface area contributed by atoms with E-state index in [0.29, 0.717) is 12.0 Å². The molecule has 13 nitrogen and oxygen atoms in total. The zero-order valence-electron chi connectivity index (χ0n) is 20.4. The lowest BCUT2D eigenvalue weighted by atomic mass is 9.80. The molecule has 1 saturated heterocycles. The average Bonchev–Trinajstić information content (AvgIpc) is 3.12. The van der Waals surface area contributed by atoms with Gasteiger partial charge in [-0.3, -0.25) is 9.59 Å². The van der Waals surface area contributed by atoms with Gasteiger partial charge in [-0.1, -0.05) is 13.8 Å². The van der Waals surface area contributed by atoms with Crippen molar-refractivity contribution in [1.29, 1.82) is 0 Å². The van der Waals surface area contributed by atoms with Crippen LogP contribution in [0.1, 0.15) is 33.6 Å². The largest absolute Gasteiger partial charge is 0.463 e. The summed E-state index contributed by atoms with van der Waals surface area (Å²) in [5.74, 6) is -3.36. The van der Waals surface area contributed by atoms with E-state index in [0.717, 1.165) is 6.92 Å². The Hall–Kier alpha value is -1.84. The van der Waals surface area contributed by atoms with Crippen molar-refractivity contribution in [2.24, 2.45) is 17.8 Å². The molecule has 0 bridgehead atoms. The molecule has 3 aliphatic rings. The van der Waals surface area contributed by atoms with Gasteiger partial charge in [-0.2, -0.15) is 0 Å². The summed E-state index contributed by atoms with van der Waals surface area (Å²) in [5.41, 5.74) is -1.59. The second-order valence-corrected chi connectivity index (χ2v) is 9.61. The van der Waals surface area contributed by atoms with Crippen molar-refractivity contribution in [2.75, 3.05) is 19.8 Å². The number of hydrogen-bond donors (Lipinski definition) is 6. The second kappa shape index (κ2) is 11.7. The van der Waals surface area contributed by atoms with Crippen LogP contribution in [0.5, 0.6) is 0 Å². The molecular weight excluding hydrogens is 484 g/mol. The fourth-order valence-electron chi connectivity index (χ4n) is 4.73. The lowest BCUT2D eigenvalue weighted by Gasteiger charge is -2.41. The van der Waals surface area contributed by atoms with E-state index in [4.69, 9.17) is 23.7 Å². The van der Waals surface area contributed by atoms with Gasteiger partial charge in [-0.25, -0.2) is 0 Å². The summed E-state index contributed by atoms with van der Waals surface area (Å²) in [5, 5.41) is 61.6. The summed E-state index contributed by atoms with van der Waals surface area (Å²) >= 11 is 0. The van der Waals surface area contributed by atoms with Crippen LogP contribution in [0.25, 0.3) is 0 Å². The molecule has 3 rings (SSSR count). The zero-order valence-corrected chi connectivity index (χ0v) is 20.4. The number of aliphatic hydroxyl groups is 6. The van der Waals surface area contributed by atoms with Crippen LogP contribution in [0.3, 0.4) is 0 Å². The first-order valence-electron chi connectivity index (χ1n) is 11.9. The van der Waals surface area contributed by atoms with Crippen molar-refractivity contribution in [2.45, 2.75) is 82.3 Å². The fourth-order valence-corrected chi connectivity index (χ4v) is 4.73. The molecule has 2 fully saturated rings. The third kappa shape index (κ3) is 5.68. The Morgan fingerprint density at radius 3 is 2.47 bits per heavy atom. The van der Waals surface area contributed by atoms with Gasteiger partial charge in [0.25, 0.3) is 0 Å². The van der Waals surface area contributed by atoms with Crippen molar-refractivity contribution in [1.82, 2.24) is 0 Å². The van der Waals surface area contributed by atoms with E-state index in [1.54, 1.807) is 13.8 Å². The summed E-state index contributed by atoms with van der Waals surface area (Å²) in [6, 6.07) is 0. The van der Waals surface area contributed by atoms with Crippen molar-refractivity contribution in [3.63, 3.8) is 0 Å². The van der Waals surface area contributed by atoms with Crippen LogP contribution in [0.2, 0.25) is 0 Å². The van der Waals surface area contributed by atoms with Crippen LogP contribution < -0.4 is 0 Å². The van der Waals surface area contributed by atoms with Gasteiger partial charge >= 0.3 is 11.9 Å². The fraction of sp³-hybridized carbons (Fsp3) is 0.826. The monoisotopic (exact) mass is 520 g/mol. The third-order valence-electron chi connectivity index (χ3n) is 7.20. The summed E-state index contributed by atoms with van der Waals surface area (Å²) in [7, 11) is 0. The SMILES string of the molecule is CCC(C)C(=O)OC1OC=C(COC2OC(CO)C(O)C(O)C2O)C2CC(O)C(O)(COC(C)=O)C12. The smallest absolute Gasteiger partial charge is 0.311 e. The Kier molecular flexibility index (Phi) is 9.33. The molecule has 2 heterocycles. The maximum absolute atomic E-state index is 12.5. The van der Waals surface area contributed by atoms with E-state index in [1.165, 1.54) is 6.26 Å². The first-order valence-corrected chi connectivity index (χ1v) is 11.9. The molecule has 0 spiro atoms. The molecule has 206 valence electrons. The van der Waals surface area contributed by atoms with E-state index in [9.17, 15) is 40.2 Å². The molecule has 11 atom stereocenters. The van der Waals surface area contributed by atoms with Gasteiger partial charge in [0.05, 0.1) is 37.4 Å². The molecular formula is C23H36O13. The van der Waals surface area contributed by atoms with Crippen molar-refractivity contribution >= 4 is 11.9 Å². The molecule has 0 radical (unpaired) electrons. The molecule has 0 aromatic heterocycles. The van der Waals surface area contributed by atoms with Crippen molar-refractivity contribution < 1.29 is 63.9 Å². The van der Waals surface area contributed by atoms with E-state index < -0.39 is 91.6 Å². The molecule has 36 heavy (non-hydrogen) atoms. The molecule has 1 saturated carbocycles. The first-order chi connectivity index (χ1) is 16.9. The summed E-state index contributed by atoms with van der Waals surface area (Å²) in [4.78, 5) is 23.9. The molecule has 2 aliphatic heterocycles. The van der Waals surface area contributed by atoms with Crippen LogP contribution in [-0.2, 0) is 33.3 Å². The number of fused-ring (bicyclic) bond motifs is 1. The second-order valence-electron chi connectivity index (χ2n) is 9.61. The van der Waals surface area contributed by atoms with Crippen LogP contribution in [0, 0.1) is 17.8 Å². The van der Waals surface area contributed by atoms with Crippen LogP contribution in [-0.4, -0.2) is 111 Å². The Morgan fingerprint density at radius 2 is 1.86 bits per heavy atom. The highest BCUT2D eigenvalue weighted by Gasteiger charge is 2.61. The van der Waals surface area contributed by atoms with Crippen molar-refractivity contribution in [3.05, 3.63) is 11.8 Å². The standard InChI is InChI=1S/C23H36O13/c1-4-10(2)20(30)36-21-16-13(5-15(26)23(16,31)9-34-11(3)25)12(7-32-21)8-33-22-19(29)18(28)17(27)14(6-24)35-22/h7,10,13-19,21-22,24,26-29,31H,4-6,8-9H2,1-3H3. The van der Waals surface area contributed by atoms with Gasteiger partial charge in [0.15, 0.2) is 6.29 Å². The zero-order chi connectivity index (χ0) is 26.8. The predicted molar refractivity (Wildman–Crippen MR) is 117 cm³/mol. The average molecular weight is 521 g/mol. The minimum absolute atomic E-state index is 0.00690. The summed E-state index contributed by atoms with van der Waals surface area (Å²) in [6.07, 6.45) is -8.26. The minimum Gasteiger partial charge on any atom is -0.463 e. The molecule has 1 aliphatic carbocycles. The van der Waals surface area contributed by atoms with Crippen molar-refractivity contribution in [3.8, 4) is 0 Å². The third-order valence-corrected chi connectivity index (χ3v) is 7.20. The molecule has 0 amide bonds. The molecule has 11 unspecified atom stereocenters. The highest BCUT2D eigenvalue weighted by Crippen LogP contribution is 2.49.